The second kappa shape index (κ2) is 5.08. The molecule has 3 aromatic rings. The molecule has 2 heterocycles. The molecule has 0 fully saturated rings. The first-order valence-corrected chi connectivity index (χ1v) is 5.95. The Kier molecular flexibility index (Phi) is 3.12. The molecule has 5 nitrogen and oxygen atoms in total. The lowest BCUT2D eigenvalue weighted by Crippen LogP contribution is -1.97. The molecular weight excluding hydrogens is 259 g/mol. The Balaban J connectivity index is 1.96. The second-order valence-electron chi connectivity index (χ2n) is 4.05. The molecular formula is C14H11FN4O. The summed E-state index contributed by atoms with van der Waals surface area (Å²) in [6, 6.07) is 10.1. The van der Waals surface area contributed by atoms with E-state index in [2.05, 4.69) is 15.1 Å². The van der Waals surface area contributed by atoms with Crippen LogP contribution in [0.4, 0.5) is 4.39 Å². The summed E-state index contributed by atoms with van der Waals surface area (Å²) in [6.07, 6.45) is 3.21. The predicted molar refractivity (Wildman–Crippen MR) is 71.1 cm³/mol. The number of hydrogen-bond acceptors (Lipinski definition) is 4. The minimum Gasteiger partial charge on any atom is -0.494 e. The summed E-state index contributed by atoms with van der Waals surface area (Å²) in [4.78, 5) is 8.33. The van der Waals surface area contributed by atoms with E-state index in [-0.39, 0.29) is 5.75 Å². The highest BCUT2D eigenvalue weighted by atomic mass is 19.1. The molecule has 0 saturated heterocycles. The summed E-state index contributed by atoms with van der Waals surface area (Å²) in [7, 11) is 1.42. The van der Waals surface area contributed by atoms with Crippen molar-refractivity contribution in [2.75, 3.05) is 7.11 Å². The van der Waals surface area contributed by atoms with Gasteiger partial charge in [-0.3, -0.25) is 0 Å². The van der Waals surface area contributed by atoms with E-state index in [9.17, 15) is 4.39 Å². The minimum absolute atomic E-state index is 0.193. The zero-order chi connectivity index (χ0) is 13.9. The zero-order valence-corrected chi connectivity index (χ0v) is 10.7. The van der Waals surface area contributed by atoms with E-state index in [4.69, 9.17) is 4.74 Å². The molecule has 20 heavy (non-hydrogen) atoms. The van der Waals surface area contributed by atoms with Gasteiger partial charge in [0.25, 0.3) is 0 Å². The molecule has 0 N–H and O–H groups in total. The lowest BCUT2D eigenvalue weighted by molar-refractivity contribution is 0.386. The van der Waals surface area contributed by atoms with Crippen LogP contribution >= 0.6 is 0 Å². The SMILES string of the molecule is COc1ccc(-c2ncn(-c3ccccn3)n2)cc1F. The van der Waals surface area contributed by atoms with E-state index < -0.39 is 5.82 Å². The molecule has 6 heteroatoms. The summed E-state index contributed by atoms with van der Waals surface area (Å²) in [6.45, 7) is 0. The smallest absolute Gasteiger partial charge is 0.181 e. The van der Waals surface area contributed by atoms with E-state index in [1.807, 2.05) is 18.2 Å². The Bertz CT molecular complexity index is 727. The molecule has 2 aromatic heterocycles. The molecule has 0 saturated carbocycles. The third-order valence-electron chi connectivity index (χ3n) is 2.79. The Hall–Kier alpha value is -2.76. The Morgan fingerprint density at radius 2 is 2.05 bits per heavy atom. The summed E-state index contributed by atoms with van der Waals surface area (Å²) >= 11 is 0. The van der Waals surface area contributed by atoms with Gasteiger partial charge in [-0.1, -0.05) is 6.07 Å². The maximum Gasteiger partial charge on any atom is 0.181 e. The topological polar surface area (TPSA) is 52.8 Å². The first-order valence-electron chi connectivity index (χ1n) is 5.95. The molecule has 0 amide bonds. The van der Waals surface area contributed by atoms with E-state index in [1.54, 1.807) is 24.7 Å². The molecule has 0 aliphatic heterocycles. The Labute approximate surface area is 114 Å². The van der Waals surface area contributed by atoms with Crippen LogP contribution < -0.4 is 4.74 Å². The average Bonchev–Trinajstić information content (AvgIpc) is 2.98. The van der Waals surface area contributed by atoms with Gasteiger partial charge in [0.15, 0.2) is 23.2 Å². The van der Waals surface area contributed by atoms with E-state index in [1.165, 1.54) is 17.9 Å². The number of benzene rings is 1. The van der Waals surface area contributed by atoms with Gasteiger partial charge in [0.05, 0.1) is 7.11 Å². The van der Waals surface area contributed by atoms with Gasteiger partial charge in [0.1, 0.15) is 6.33 Å². The first kappa shape index (κ1) is 12.3. The summed E-state index contributed by atoms with van der Waals surface area (Å²) in [5.74, 6) is 0.828. The predicted octanol–water partition coefficient (Wildman–Crippen LogP) is 2.48. The number of hydrogen-bond donors (Lipinski definition) is 0. The second-order valence-corrected chi connectivity index (χ2v) is 4.05. The van der Waals surface area contributed by atoms with Crippen molar-refractivity contribution in [1.82, 2.24) is 19.7 Å². The van der Waals surface area contributed by atoms with Crippen LogP contribution in [0.2, 0.25) is 0 Å². The third kappa shape index (κ3) is 2.23. The van der Waals surface area contributed by atoms with Crippen LogP contribution in [0.1, 0.15) is 0 Å². The van der Waals surface area contributed by atoms with Crippen molar-refractivity contribution >= 4 is 0 Å². The molecule has 0 aliphatic rings. The highest BCUT2D eigenvalue weighted by molar-refractivity contribution is 5.56. The van der Waals surface area contributed by atoms with Crippen LogP contribution in [0.25, 0.3) is 17.2 Å². The van der Waals surface area contributed by atoms with Crippen molar-refractivity contribution in [2.45, 2.75) is 0 Å². The largest absolute Gasteiger partial charge is 0.494 e. The summed E-state index contributed by atoms with van der Waals surface area (Å²) in [5.41, 5.74) is 0.581. The summed E-state index contributed by atoms with van der Waals surface area (Å²) in [5, 5.41) is 4.28. The van der Waals surface area contributed by atoms with Crippen LogP contribution in [-0.2, 0) is 0 Å². The Morgan fingerprint density at radius 1 is 1.15 bits per heavy atom. The maximum absolute atomic E-state index is 13.7. The van der Waals surface area contributed by atoms with Gasteiger partial charge in [-0.05, 0) is 30.3 Å². The van der Waals surface area contributed by atoms with E-state index in [0.29, 0.717) is 17.2 Å². The molecule has 3 rings (SSSR count). The number of aromatic nitrogens is 4. The van der Waals surface area contributed by atoms with Crippen LogP contribution in [0.3, 0.4) is 0 Å². The number of ether oxygens (including phenoxy) is 1. The number of rotatable bonds is 3. The van der Waals surface area contributed by atoms with E-state index in [0.717, 1.165) is 0 Å². The first-order chi connectivity index (χ1) is 9.78. The highest BCUT2D eigenvalue weighted by Crippen LogP contribution is 2.23. The quantitative estimate of drug-likeness (QED) is 0.733. The number of halogens is 1. The van der Waals surface area contributed by atoms with Gasteiger partial charge in [-0.2, -0.15) is 0 Å². The molecule has 100 valence electrons. The lowest BCUT2D eigenvalue weighted by atomic mass is 10.2. The van der Waals surface area contributed by atoms with Crippen molar-refractivity contribution in [1.29, 1.82) is 0 Å². The normalized spacial score (nSPS) is 10.5. The number of nitrogens with zero attached hydrogens (tertiary/aromatic N) is 4. The zero-order valence-electron chi connectivity index (χ0n) is 10.7. The average molecular weight is 270 g/mol. The van der Waals surface area contributed by atoms with Crippen molar-refractivity contribution in [3.63, 3.8) is 0 Å². The van der Waals surface area contributed by atoms with Gasteiger partial charge in [-0.15, -0.1) is 5.10 Å². The van der Waals surface area contributed by atoms with Crippen molar-refractivity contribution < 1.29 is 9.13 Å². The lowest BCUT2D eigenvalue weighted by Gasteiger charge is -2.02. The van der Waals surface area contributed by atoms with E-state index >= 15 is 0 Å². The Morgan fingerprint density at radius 3 is 2.75 bits per heavy atom. The number of methoxy groups -OCH3 is 1. The van der Waals surface area contributed by atoms with Gasteiger partial charge in [0, 0.05) is 11.8 Å². The number of pyridine rings is 1. The summed E-state index contributed by atoms with van der Waals surface area (Å²) < 4.78 is 20.1. The molecule has 0 bridgehead atoms. The molecule has 0 radical (unpaired) electrons. The van der Waals surface area contributed by atoms with Gasteiger partial charge in [0.2, 0.25) is 0 Å². The fourth-order valence-corrected chi connectivity index (χ4v) is 1.80. The molecule has 0 unspecified atom stereocenters. The monoisotopic (exact) mass is 270 g/mol. The van der Waals surface area contributed by atoms with Crippen molar-refractivity contribution in [2.24, 2.45) is 0 Å². The highest BCUT2D eigenvalue weighted by Gasteiger charge is 2.09. The van der Waals surface area contributed by atoms with Crippen LogP contribution in [-0.4, -0.2) is 26.9 Å². The standard InChI is InChI=1S/C14H11FN4O/c1-20-12-6-5-10(8-11(12)15)14-17-9-19(18-14)13-4-2-3-7-16-13/h2-9H,1H3. The van der Waals surface area contributed by atoms with Gasteiger partial charge in [-0.25, -0.2) is 19.0 Å². The van der Waals surface area contributed by atoms with Gasteiger partial charge < -0.3 is 4.74 Å². The minimum atomic E-state index is -0.445. The molecule has 0 atom stereocenters. The fraction of sp³-hybridized carbons (Fsp3) is 0.0714. The molecule has 1 aromatic carbocycles. The van der Waals surface area contributed by atoms with Crippen LogP contribution in [0.15, 0.2) is 48.9 Å². The molecule has 0 spiro atoms. The fourth-order valence-electron chi connectivity index (χ4n) is 1.80. The maximum atomic E-state index is 13.7. The van der Waals surface area contributed by atoms with Crippen LogP contribution in [0.5, 0.6) is 5.75 Å². The van der Waals surface area contributed by atoms with Gasteiger partial charge >= 0.3 is 0 Å². The molecule has 0 aliphatic carbocycles. The third-order valence-corrected chi connectivity index (χ3v) is 2.79. The van der Waals surface area contributed by atoms with Crippen LogP contribution in [0, 0.1) is 5.82 Å². The van der Waals surface area contributed by atoms with Crippen molar-refractivity contribution in [3.8, 4) is 23.0 Å². The van der Waals surface area contributed by atoms with Crippen molar-refractivity contribution in [3.05, 3.63) is 54.7 Å².